The van der Waals surface area contributed by atoms with Crippen molar-refractivity contribution in [2.24, 2.45) is 5.92 Å². The molecule has 2 aromatic carbocycles. The number of benzene rings is 2. The summed E-state index contributed by atoms with van der Waals surface area (Å²) in [5.41, 5.74) is 0.638. The molecule has 2 aromatic rings. The van der Waals surface area contributed by atoms with Crippen molar-refractivity contribution < 1.29 is 14.6 Å². The number of aliphatic hydroxyl groups excluding tert-OH is 1. The van der Waals surface area contributed by atoms with Gasteiger partial charge in [-0.25, -0.2) is 0 Å². The first-order chi connectivity index (χ1) is 11.6. The summed E-state index contributed by atoms with van der Waals surface area (Å²) in [6.45, 7) is 3.21. The fourth-order valence-electron chi connectivity index (χ4n) is 3.08. The van der Waals surface area contributed by atoms with Gasteiger partial charge in [-0.05, 0) is 56.0 Å². The average molecular weight is 325 g/mol. The molecule has 3 rings (SSSR count). The summed E-state index contributed by atoms with van der Waals surface area (Å²) in [7, 11) is 0. The van der Waals surface area contributed by atoms with E-state index in [9.17, 15) is 9.90 Å². The van der Waals surface area contributed by atoms with Gasteiger partial charge in [0, 0.05) is 18.7 Å². The number of piperidine rings is 1. The van der Waals surface area contributed by atoms with E-state index in [1.165, 1.54) is 0 Å². The van der Waals surface area contributed by atoms with Crippen LogP contribution in [0.25, 0.3) is 0 Å². The summed E-state index contributed by atoms with van der Waals surface area (Å²) < 4.78 is 5.80. The predicted octanol–water partition coefficient (Wildman–Crippen LogP) is 3.71. The fourth-order valence-corrected chi connectivity index (χ4v) is 3.08. The van der Waals surface area contributed by atoms with Crippen molar-refractivity contribution in [2.45, 2.75) is 25.9 Å². The molecule has 1 aliphatic rings. The molecule has 1 unspecified atom stereocenters. The maximum absolute atomic E-state index is 12.7. The second-order valence-electron chi connectivity index (χ2n) is 6.31. The molecule has 4 nitrogen and oxygen atoms in total. The summed E-state index contributed by atoms with van der Waals surface area (Å²) in [6, 6.07) is 16.8. The van der Waals surface area contributed by atoms with Crippen LogP contribution < -0.4 is 4.74 Å². The topological polar surface area (TPSA) is 49.8 Å². The first-order valence-corrected chi connectivity index (χ1v) is 8.44. The molecule has 24 heavy (non-hydrogen) atoms. The average Bonchev–Trinajstić information content (AvgIpc) is 2.62. The highest BCUT2D eigenvalue weighted by molar-refractivity contribution is 5.94. The van der Waals surface area contributed by atoms with Gasteiger partial charge in [0.25, 0.3) is 5.91 Å². The van der Waals surface area contributed by atoms with E-state index < -0.39 is 0 Å². The lowest BCUT2D eigenvalue weighted by atomic mass is 9.92. The van der Waals surface area contributed by atoms with Crippen LogP contribution in [0.1, 0.15) is 30.1 Å². The van der Waals surface area contributed by atoms with Crippen LogP contribution >= 0.6 is 0 Å². The molecule has 1 atom stereocenters. The first-order valence-electron chi connectivity index (χ1n) is 8.44. The van der Waals surface area contributed by atoms with Crippen molar-refractivity contribution in [3.8, 4) is 11.5 Å². The molecule has 0 aliphatic carbocycles. The molecule has 1 amide bonds. The van der Waals surface area contributed by atoms with Gasteiger partial charge in [-0.3, -0.25) is 4.79 Å². The number of carbonyl (C=O) groups is 1. The molecule has 0 aromatic heterocycles. The van der Waals surface area contributed by atoms with E-state index in [2.05, 4.69) is 0 Å². The normalized spacial score (nSPS) is 16.7. The summed E-state index contributed by atoms with van der Waals surface area (Å²) in [6.07, 6.45) is 1.40. The summed E-state index contributed by atoms with van der Waals surface area (Å²) >= 11 is 0. The fraction of sp³-hybridized carbons (Fsp3) is 0.350. The van der Waals surface area contributed by atoms with E-state index in [0.29, 0.717) is 30.3 Å². The van der Waals surface area contributed by atoms with E-state index in [1.54, 1.807) is 6.07 Å². The molecular formula is C20H23NO3. The number of carbonyl (C=O) groups excluding carboxylic acids is 1. The first kappa shape index (κ1) is 16.5. The van der Waals surface area contributed by atoms with Gasteiger partial charge < -0.3 is 14.7 Å². The number of hydrogen-bond donors (Lipinski definition) is 1. The van der Waals surface area contributed by atoms with Gasteiger partial charge in [-0.15, -0.1) is 0 Å². The van der Waals surface area contributed by atoms with Crippen LogP contribution in [0, 0.1) is 5.92 Å². The Kier molecular flexibility index (Phi) is 5.16. The molecule has 1 N–H and O–H groups in total. The van der Waals surface area contributed by atoms with Crippen LogP contribution in [-0.2, 0) is 0 Å². The Morgan fingerprint density at radius 3 is 2.42 bits per heavy atom. The molecule has 1 heterocycles. The minimum atomic E-state index is -0.301. The van der Waals surface area contributed by atoms with Crippen molar-refractivity contribution in [1.29, 1.82) is 0 Å². The zero-order valence-electron chi connectivity index (χ0n) is 13.9. The van der Waals surface area contributed by atoms with Crippen molar-refractivity contribution in [3.63, 3.8) is 0 Å². The third-order valence-corrected chi connectivity index (χ3v) is 4.57. The molecule has 0 spiro atoms. The maximum Gasteiger partial charge on any atom is 0.253 e. The minimum absolute atomic E-state index is 0.0255. The molecule has 0 saturated carbocycles. The SMILES string of the molecule is CC(O)C1CCN(C(=O)c2cccc(Oc3ccccc3)c2)CC1. The van der Waals surface area contributed by atoms with Crippen LogP contribution in [0.2, 0.25) is 0 Å². The lowest BCUT2D eigenvalue weighted by Crippen LogP contribution is -2.40. The molecule has 0 bridgehead atoms. The van der Waals surface area contributed by atoms with Crippen LogP contribution in [-0.4, -0.2) is 35.1 Å². The minimum Gasteiger partial charge on any atom is -0.457 e. The standard InChI is InChI=1S/C20H23NO3/c1-15(22)16-10-12-21(13-11-16)20(23)17-6-5-9-19(14-17)24-18-7-3-2-4-8-18/h2-9,14-16,22H,10-13H2,1H3. The van der Waals surface area contributed by atoms with Crippen LogP contribution in [0.4, 0.5) is 0 Å². The number of ether oxygens (including phenoxy) is 1. The zero-order valence-corrected chi connectivity index (χ0v) is 13.9. The van der Waals surface area contributed by atoms with Gasteiger partial charge in [0.15, 0.2) is 0 Å². The highest BCUT2D eigenvalue weighted by Gasteiger charge is 2.26. The Bertz CT molecular complexity index is 676. The van der Waals surface area contributed by atoms with Gasteiger partial charge in [0.05, 0.1) is 6.10 Å². The highest BCUT2D eigenvalue weighted by atomic mass is 16.5. The molecule has 1 saturated heterocycles. The number of aliphatic hydroxyl groups is 1. The van der Waals surface area contributed by atoms with Crippen molar-refractivity contribution in [3.05, 3.63) is 60.2 Å². The Morgan fingerprint density at radius 1 is 1.08 bits per heavy atom. The number of amides is 1. The van der Waals surface area contributed by atoms with Gasteiger partial charge in [-0.1, -0.05) is 24.3 Å². The van der Waals surface area contributed by atoms with Gasteiger partial charge in [0.2, 0.25) is 0 Å². The Balaban J connectivity index is 1.66. The van der Waals surface area contributed by atoms with E-state index in [-0.39, 0.29) is 12.0 Å². The lowest BCUT2D eigenvalue weighted by molar-refractivity contribution is 0.0521. The van der Waals surface area contributed by atoms with E-state index in [1.807, 2.05) is 60.4 Å². The second-order valence-corrected chi connectivity index (χ2v) is 6.31. The number of nitrogens with zero attached hydrogens (tertiary/aromatic N) is 1. The van der Waals surface area contributed by atoms with Gasteiger partial charge >= 0.3 is 0 Å². The van der Waals surface area contributed by atoms with E-state index in [4.69, 9.17) is 4.74 Å². The van der Waals surface area contributed by atoms with Crippen molar-refractivity contribution in [2.75, 3.05) is 13.1 Å². The number of likely N-dealkylation sites (tertiary alicyclic amines) is 1. The van der Waals surface area contributed by atoms with Crippen LogP contribution in [0.5, 0.6) is 11.5 Å². The van der Waals surface area contributed by atoms with E-state index >= 15 is 0 Å². The van der Waals surface area contributed by atoms with Crippen LogP contribution in [0.15, 0.2) is 54.6 Å². The molecular weight excluding hydrogens is 302 g/mol. The zero-order chi connectivity index (χ0) is 16.9. The van der Waals surface area contributed by atoms with Gasteiger partial charge in [-0.2, -0.15) is 0 Å². The third-order valence-electron chi connectivity index (χ3n) is 4.57. The monoisotopic (exact) mass is 325 g/mol. The molecule has 4 heteroatoms. The molecule has 0 radical (unpaired) electrons. The Labute approximate surface area is 142 Å². The van der Waals surface area contributed by atoms with Gasteiger partial charge in [0.1, 0.15) is 11.5 Å². The molecule has 126 valence electrons. The van der Waals surface area contributed by atoms with E-state index in [0.717, 1.165) is 18.6 Å². The number of para-hydroxylation sites is 1. The molecule has 1 fully saturated rings. The summed E-state index contributed by atoms with van der Waals surface area (Å²) in [5.74, 6) is 1.73. The largest absolute Gasteiger partial charge is 0.457 e. The second kappa shape index (κ2) is 7.49. The van der Waals surface area contributed by atoms with Crippen LogP contribution in [0.3, 0.4) is 0 Å². The Morgan fingerprint density at radius 2 is 1.75 bits per heavy atom. The summed E-state index contributed by atoms with van der Waals surface area (Å²) in [5, 5.41) is 9.68. The number of hydrogen-bond acceptors (Lipinski definition) is 3. The van der Waals surface area contributed by atoms with Crippen molar-refractivity contribution >= 4 is 5.91 Å². The highest BCUT2D eigenvalue weighted by Crippen LogP contribution is 2.25. The third kappa shape index (κ3) is 3.95. The quantitative estimate of drug-likeness (QED) is 0.932. The number of rotatable bonds is 4. The van der Waals surface area contributed by atoms with Crippen molar-refractivity contribution in [1.82, 2.24) is 4.90 Å². The molecule has 1 aliphatic heterocycles. The smallest absolute Gasteiger partial charge is 0.253 e. The maximum atomic E-state index is 12.7. The summed E-state index contributed by atoms with van der Waals surface area (Å²) in [4.78, 5) is 14.6. The Hall–Kier alpha value is -2.33. The predicted molar refractivity (Wildman–Crippen MR) is 93.3 cm³/mol. The lowest BCUT2D eigenvalue weighted by Gasteiger charge is -2.33.